The minimum absolute atomic E-state index is 0.256. The van der Waals surface area contributed by atoms with Gasteiger partial charge in [0.05, 0.1) is 0 Å². The van der Waals surface area contributed by atoms with Gasteiger partial charge in [0.15, 0.2) is 13.2 Å². The molecule has 0 saturated carbocycles. The zero-order valence-corrected chi connectivity index (χ0v) is 16.3. The van der Waals surface area contributed by atoms with Crippen LogP contribution in [-0.2, 0) is 27.2 Å². The standard InChI is InChI=1S/C23H23NO5/c1-24(16-7-3-2-4-8-16)22(25)14-28-23(26)15-27-17-11-12-21-19(13-17)18-9-5-6-10-20(18)29-21/h2-4,7-8,11-13H,5-6,9-10,14-15H2,1H3. The van der Waals surface area contributed by atoms with Crippen LogP contribution in [0.15, 0.2) is 52.9 Å². The molecule has 6 heteroatoms. The fourth-order valence-corrected chi connectivity index (χ4v) is 3.55. The van der Waals surface area contributed by atoms with Crippen LogP contribution < -0.4 is 9.64 Å². The van der Waals surface area contributed by atoms with Crippen LogP contribution in [0.1, 0.15) is 24.2 Å². The topological polar surface area (TPSA) is 69.0 Å². The lowest BCUT2D eigenvalue weighted by Crippen LogP contribution is -2.31. The van der Waals surface area contributed by atoms with Crippen molar-refractivity contribution in [3.8, 4) is 5.75 Å². The third-order valence-electron chi connectivity index (χ3n) is 5.16. The first-order chi connectivity index (χ1) is 14.1. The highest BCUT2D eigenvalue weighted by Gasteiger charge is 2.18. The van der Waals surface area contributed by atoms with Gasteiger partial charge in [-0.15, -0.1) is 0 Å². The maximum Gasteiger partial charge on any atom is 0.344 e. The Balaban J connectivity index is 1.31. The first-order valence-corrected chi connectivity index (χ1v) is 9.76. The number of carbonyl (C=O) groups excluding carboxylic acids is 2. The monoisotopic (exact) mass is 393 g/mol. The van der Waals surface area contributed by atoms with E-state index in [2.05, 4.69) is 0 Å². The zero-order chi connectivity index (χ0) is 20.2. The molecule has 150 valence electrons. The van der Waals surface area contributed by atoms with Crippen LogP contribution in [0.2, 0.25) is 0 Å². The Bertz CT molecular complexity index is 1020. The molecule has 0 bridgehead atoms. The number of fused-ring (bicyclic) bond motifs is 3. The Morgan fingerprint density at radius 1 is 1.03 bits per heavy atom. The third-order valence-corrected chi connectivity index (χ3v) is 5.16. The van der Waals surface area contributed by atoms with Gasteiger partial charge in [-0.1, -0.05) is 18.2 Å². The van der Waals surface area contributed by atoms with E-state index in [9.17, 15) is 9.59 Å². The van der Waals surface area contributed by atoms with E-state index in [1.165, 1.54) is 10.5 Å². The van der Waals surface area contributed by atoms with Gasteiger partial charge in [0.25, 0.3) is 5.91 Å². The highest BCUT2D eigenvalue weighted by Crippen LogP contribution is 2.33. The molecule has 1 amide bonds. The van der Waals surface area contributed by atoms with E-state index in [1.807, 2.05) is 42.5 Å². The molecule has 1 aliphatic carbocycles. The summed E-state index contributed by atoms with van der Waals surface area (Å²) in [5.41, 5.74) is 2.83. The van der Waals surface area contributed by atoms with Crippen molar-refractivity contribution in [1.29, 1.82) is 0 Å². The molecule has 1 aliphatic rings. The van der Waals surface area contributed by atoms with E-state index in [1.54, 1.807) is 13.1 Å². The predicted octanol–water partition coefficient (Wildman–Crippen LogP) is 3.90. The number of anilines is 1. The van der Waals surface area contributed by atoms with E-state index in [-0.39, 0.29) is 19.1 Å². The summed E-state index contributed by atoms with van der Waals surface area (Å²) in [4.78, 5) is 25.6. The molecule has 1 heterocycles. The van der Waals surface area contributed by atoms with Crippen molar-refractivity contribution in [3.63, 3.8) is 0 Å². The van der Waals surface area contributed by atoms with Crippen molar-refractivity contribution in [2.45, 2.75) is 25.7 Å². The van der Waals surface area contributed by atoms with Crippen molar-refractivity contribution in [2.75, 3.05) is 25.2 Å². The summed E-state index contributed by atoms with van der Waals surface area (Å²) in [7, 11) is 1.64. The average Bonchev–Trinajstić information content (AvgIpc) is 3.14. The van der Waals surface area contributed by atoms with E-state index < -0.39 is 5.97 Å². The third kappa shape index (κ3) is 4.26. The first kappa shape index (κ1) is 19.1. The van der Waals surface area contributed by atoms with Gasteiger partial charge in [0, 0.05) is 30.1 Å². The highest BCUT2D eigenvalue weighted by molar-refractivity contribution is 5.94. The smallest absolute Gasteiger partial charge is 0.344 e. The van der Waals surface area contributed by atoms with Crippen molar-refractivity contribution in [2.24, 2.45) is 0 Å². The summed E-state index contributed by atoms with van der Waals surface area (Å²) in [5, 5.41) is 1.05. The zero-order valence-electron chi connectivity index (χ0n) is 16.3. The minimum atomic E-state index is -0.589. The summed E-state index contributed by atoms with van der Waals surface area (Å²) in [5.74, 6) is 0.741. The first-order valence-electron chi connectivity index (χ1n) is 9.76. The number of likely N-dealkylation sites (N-methyl/N-ethyl adjacent to an activating group) is 1. The second-order valence-corrected chi connectivity index (χ2v) is 7.11. The molecule has 29 heavy (non-hydrogen) atoms. The lowest BCUT2D eigenvalue weighted by atomic mass is 9.96. The van der Waals surface area contributed by atoms with E-state index in [4.69, 9.17) is 13.9 Å². The molecule has 0 fully saturated rings. The molecule has 6 nitrogen and oxygen atoms in total. The Kier molecular flexibility index (Phi) is 5.51. The number of carbonyl (C=O) groups is 2. The van der Waals surface area contributed by atoms with E-state index in [0.717, 1.165) is 48.1 Å². The van der Waals surface area contributed by atoms with Crippen molar-refractivity contribution in [1.82, 2.24) is 0 Å². The van der Waals surface area contributed by atoms with Gasteiger partial charge in [-0.2, -0.15) is 0 Å². The lowest BCUT2D eigenvalue weighted by Gasteiger charge is -2.17. The summed E-state index contributed by atoms with van der Waals surface area (Å²) < 4.78 is 16.5. The number of para-hydroxylation sites is 1. The molecule has 0 saturated heterocycles. The fourth-order valence-electron chi connectivity index (χ4n) is 3.55. The Morgan fingerprint density at radius 2 is 1.83 bits per heavy atom. The average molecular weight is 393 g/mol. The molecule has 0 radical (unpaired) electrons. The molecule has 0 N–H and O–H groups in total. The van der Waals surface area contributed by atoms with Crippen LogP contribution in [-0.4, -0.2) is 32.1 Å². The largest absolute Gasteiger partial charge is 0.482 e. The summed E-state index contributed by atoms with van der Waals surface area (Å²) in [6, 6.07) is 14.7. The maximum atomic E-state index is 12.2. The fraction of sp³-hybridized carbons (Fsp3) is 0.304. The van der Waals surface area contributed by atoms with Crippen LogP contribution in [0, 0.1) is 0 Å². The summed E-state index contributed by atoms with van der Waals surface area (Å²) in [6.45, 7) is -0.588. The van der Waals surface area contributed by atoms with E-state index in [0.29, 0.717) is 5.75 Å². The molecule has 0 spiro atoms. The number of amides is 1. The second-order valence-electron chi connectivity index (χ2n) is 7.11. The van der Waals surface area contributed by atoms with Gasteiger partial charge < -0.3 is 18.8 Å². The van der Waals surface area contributed by atoms with Gasteiger partial charge in [-0.25, -0.2) is 4.79 Å². The van der Waals surface area contributed by atoms with Crippen molar-refractivity contribution >= 4 is 28.5 Å². The molecular formula is C23H23NO5. The van der Waals surface area contributed by atoms with Crippen LogP contribution >= 0.6 is 0 Å². The quantitative estimate of drug-likeness (QED) is 0.594. The summed E-state index contributed by atoms with van der Waals surface area (Å²) >= 11 is 0. The van der Waals surface area contributed by atoms with Gasteiger partial charge in [0.2, 0.25) is 0 Å². The molecule has 0 aliphatic heterocycles. The number of furan rings is 1. The maximum absolute atomic E-state index is 12.2. The van der Waals surface area contributed by atoms with Crippen LogP contribution in [0.5, 0.6) is 5.75 Å². The Morgan fingerprint density at radius 3 is 2.66 bits per heavy atom. The number of ether oxygens (including phenoxy) is 2. The van der Waals surface area contributed by atoms with Crippen LogP contribution in [0.3, 0.4) is 0 Å². The van der Waals surface area contributed by atoms with Crippen molar-refractivity contribution < 1.29 is 23.5 Å². The van der Waals surface area contributed by atoms with Gasteiger partial charge >= 0.3 is 5.97 Å². The molecule has 2 aromatic carbocycles. The second kappa shape index (κ2) is 8.39. The number of benzene rings is 2. The van der Waals surface area contributed by atoms with Gasteiger partial charge in [-0.3, -0.25) is 4.79 Å². The van der Waals surface area contributed by atoms with Gasteiger partial charge in [-0.05, 0) is 49.6 Å². The van der Waals surface area contributed by atoms with Crippen LogP contribution in [0.25, 0.3) is 11.0 Å². The molecule has 0 atom stereocenters. The Hall–Kier alpha value is -3.28. The molecule has 0 unspecified atom stereocenters. The molecular weight excluding hydrogens is 370 g/mol. The molecule has 1 aromatic heterocycles. The van der Waals surface area contributed by atoms with E-state index >= 15 is 0 Å². The normalized spacial score (nSPS) is 13.0. The number of rotatable bonds is 6. The molecule has 3 aromatic rings. The number of aryl methyl sites for hydroxylation is 2. The SMILES string of the molecule is CN(C(=O)COC(=O)COc1ccc2oc3c(c2c1)CCCC3)c1ccccc1. The number of esters is 1. The van der Waals surface area contributed by atoms with Crippen molar-refractivity contribution in [3.05, 3.63) is 59.9 Å². The lowest BCUT2D eigenvalue weighted by molar-refractivity contribution is -0.149. The minimum Gasteiger partial charge on any atom is -0.482 e. The predicted molar refractivity (Wildman–Crippen MR) is 109 cm³/mol. The number of nitrogens with zero attached hydrogens (tertiary/aromatic N) is 1. The highest BCUT2D eigenvalue weighted by atomic mass is 16.6. The number of hydrogen-bond acceptors (Lipinski definition) is 5. The Labute approximate surface area is 169 Å². The summed E-state index contributed by atoms with van der Waals surface area (Å²) in [6.07, 6.45) is 4.29. The molecule has 4 rings (SSSR count). The van der Waals surface area contributed by atoms with Gasteiger partial charge in [0.1, 0.15) is 17.1 Å². The number of hydrogen-bond donors (Lipinski definition) is 0. The van der Waals surface area contributed by atoms with Crippen LogP contribution in [0.4, 0.5) is 5.69 Å².